The Balaban J connectivity index is 2.71. The SMILES string of the molecule is COC(=O)C=CC(=O)Nc1cc(Cl)ccc1O. The number of carbonyl (C=O) groups is 2. The van der Waals surface area contributed by atoms with Crippen LogP contribution < -0.4 is 5.32 Å². The molecule has 0 spiro atoms. The lowest BCUT2D eigenvalue weighted by atomic mass is 10.3. The van der Waals surface area contributed by atoms with E-state index in [1.807, 2.05) is 0 Å². The zero-order valence-corrected chi connectivity index (χ0v) is 9.69. The van der Waals surface area contributed by atoms with Crippen LogP contribution >= 0.6 is 11.6 Å². The monoisotopic (exact) mass is 255 g/mol. The topological polar surface area (TPSA) is 75.6 Å². The van der Waals surface area contributed by atoms with E-state index < -0.39 is 11.9 Å². The molecule has 0 radical (unpaired) electrons. The summed E-state index contributed by atoms with van der Waals surface area (Å²) in [6.07, 6.45) is 1.96. The number of anilines is 1. The number of ether oxygens (including phenoxy) is 1. The average Bonchev–Trinajstić information content (AvgIpc) is 2.30. The number of methoxy groups -OCH3 is 1. The molecule has 0 saturated heterocycles. The Labute approximate surface area is 103 Å². The summed E-state index contributed by atoms with van der Waals surface area (Å²) in [5.74, 6) is -1.34. The van der Waals surface area contributed by atoms with Gasteiger partial charge in [-0.15, -0.1) is 0 Å². The molecule has 90 valence electrons. The lowest BCUT2D eigenvalue weighted by Crippen LogP contribution is -2.09. The maximum Gasteiger partial charge on any atom is 0.330 e. The molecule has 1 rings (SSSR count). The summed E-state index contributed by atoms with van der Waals surface area (Å²) in [6, 6.07) is 4.22. The highest BCUT2D eigenvalue weighted by atomic mass is 35.5. The molecule has 1 aromatic carbocycles. The minimum absolute atomic E-state index is 0.116. The van der Waals surface area contributed by atoms with Crippen molar-refractivity contribution in [3.63, 3.8) is 0 Å². The van der Waals surface area contributed by atoms with Crippen molar-refractivity contribution in [1.29, 1.82) is 0 Å². The number of halogens is 1. The Morgan fingerprint density at radius 1 is 1.41 bits per heavy atom. The standard InChI is InChI=1S/C11H10ClNO4/c1-17-11(16)5-4-10(15)13-8-6-7(12)2-3-9(8)14/h2-6,14H,1H3,(H,13,15). The molecule has 6 heteroatoms. The predicted molar refractivity (Wildman–Crippen MR) is 62.9 cm³/mol. The lowest BCUT2D eigenvalue weighted by Gasteiger charge is -2.04. The summed E-state index contributed by atoms with van der Waals surface area (Å²) in [5.41, 5.74) is 0.164. The quantitative estimate of drug-likeness (QED) is 0.490. The second-order valence-electron chi connectivity index (χ2n) is 3.01. The number of benzene rings is 1. The Bertz CT molecular complexity index is 471. The Morgan fingerprint density at radius 2 is 2.12 bits per heavy atom. The lowest BCUT2D eigenvalue weighted by molar-refractivity contribution is -0.135. The number of phenolic OH excluding ortho intramolecular Hbond substituents is 1. The van der Waals surface area contributed by atoms with Crippen LogP contribution in [0.3, 0.4) is 0 Å². The minimum Gasteiger partial charge on any atom is -0.506 e. The van der Waals surface area contributed by atoms with Gasteiger partial charge in [0.1, 0.15) is 5.75 Å². The smallest absolute Gasteiger partial charge is 0.330 e. The van der Waals surface area contributed by atoms with Crippen LogP contribution in [0.25, 0.3) is 0 Å². The number of hydrogen-bond donors (Lipinski definition) is 2. The van der Waals surface area contributed by atoms with Gasteiger partial charge in [0, 0.05) is 17.2 Å². The fourth-order valence-corrected chi connectivity index (χ4v) is 1.17. The first-order valence-electron chi connectivity index (χ1n) is 4.58. The third kappa shape index (κ3) is 4.16. The van der Waals surface area contributed by atoms with Gasteiger partial charge in [0.05, 0.1) is 12.8 Å². The second kappa shape index (κ2) is 5.91. The zero-order valence-electron chi connectivity index (χ0n) is 8.94. The number of hydrogen-bond acceptors (Lipinski definition) is 4. The van der Waals surface area contributed by atoms with Crippen LogP contribution in [-0.2, 0) is 14.3 Å². The molecule has 2 N–H and O–H groups in total. The van der Waals surface area contributed by atoms with Crippen LogP contribution in [0.2, 0.25) is 5.02 Å². The van der Waals surface area contributed by atoms with Gasteiger partial charge in [-0.05, 0) is 18.2 Å². The Hall–Kier alpha value is -2.01. The van der Waals surface area contributed by atoms with E-state index in [-0.39, 0.29) is 11.4 Å². The molecule has 1 aromatic rings. The largest absolute Gasteiger partial charge is 0.506 e. The number of rotatable bonds is 3. The first-order chi connectivity index (χ1) is 8.02. The van der Waals surface area contributed by atoms with Gasteiger partial charge in [-0.2, -0.15) is 0 Å². The van der Waals surface area contributed by atoms with Crippen molar-refractivity contribution in [2.24, 2.45) is 0 Å². The number of nitrogens with one attached hydrogen (secondary N) is 1. The summed E-state index contributed by atoms with van der Waals surface area (Å²) < 4.78 is 4.32. The molecule has 0 aliphatic carbocycles. The van der Waals surface area contributed by atoms with Gasteiger partial charge in [-0.3, -0.25) is 4.79 Å². The van der Waals surface area contributed by atoms with Crippen LogP contribution in [-0.4, -0.2) is 24.1 Å². The molecule has 0 atom stereocenters. The molecular formula is C11H10ClNO4. The molecule has 0 saturated carbocycles. The van der Waals surface area contributed by atoms with Crippen molar-refractivity contribution in [3.8, 4) is 5.75 Å². The van der Waals surface area contributed by atoms with Crippen LogP contribution in [0, 0.1) is 0 Å². The van der Waals surface area contributed by atoms with Gasteiger partial charge in [0.2, 0.25) is 5.91 Å². The number of esters is 1. The number of aromatic hydroxyl groups is 1. The van der Waals surface area contributed by atoms with Crippen LogP contribution in [0.5, 0.6) is 5.75 Å². The van der Waals surface area contributed by atoms with Gasteiger partial charge < -0.3 is 15.2 Å². The van der Waals surface area contributed by atoms with E-state index in [2.05, 4.69) is 10.1 Å². The van der Waals surface area contributed by atoms with Crippen molar-refractivity contribution in [3.05, 3.63) is 35.4 Å². The van der Waals surface area contributed by atoms with Crippen molar-refractivity contribution < 1.29 is 19.4 Å². The average molecular weight is 256 g/mol. The molecular weight excluding hydrogens is 246 g/mol. The third-order valence-electron chi connectivity index (χ3n) is 1.79. The first-order valence-corrected chi connectivity index (χ1v) is 4.96. The fraction of sp³-hybridized carbons (Fsp3) is 0.0909. The second-order valence-corrected chi connectivity index (χ2v) is 3.44. The Morgan fingerprint density at radius 3 is 2.76 bits per heavy atom. The summed E-state index contributed by atoms with van der Waals surface area (Å²) in [4.78, 5) is 22.1. The van der Waals surface area contributed by atoms with E-state index >= 15 is 0 Å². The van der Waals surface area contributed by atoms with Gasteiger partial charge in [-0.1, -0.05) is 11.6 Å². The minimum atomic E-state index is -0.643. The molecule has 0 aliphatic rings. The maximum absolute atomic E-state index is 11.3. The molecule has 0 fully saturated rings. The molecule has 0 bridgehead atoms. The Kier molecular flexibility index (Phi) is 4.54. The predicted octanol–water partition coefficient (Wildman–Crippen LogP) is 1.71. The summed E-state index contributed by atoms with van der Waals surface area (Å²) in [6.45, 7) is 0. The first kappa shape index (κ1) is 13.1. The van der Waals surface area contributed by atoms with Crippen molar-refractivity contribution in [2.45, 2.75) is 0 Å². The van der Waals surface area contributed by atoms with Crippen molar-refractivity contribution >= 4 is 29.2 Å². The molecule has 0 unspecified atom stereocenters. The summed E-state index contributed by atoms with van der Waals surface area (Å²) in [7, 11) is 1.20. The van der Waals surface area contributed by atoms with E-state index in [0.29, 0.717) is 5.02 Å². The molecule has 1 amide bonds. The molecule has 0 aromatic heterocycles. The highest BCUT2D eigenvalue weighted by Crippen LogP contribution is 2.26. The van der Waals surface area contributed by atoms with Crippen LogP contribution in [0.15, 0.2) is 30.4 Å². The van der Waals surface area contributed by atoms with Crippen LogP contribution in [0.1, 0.15) is 0 Å². The highest BCUT2D eigenvalue weighted by molar-refractivity contribution is 6.31. The van der Waals surface area contributed by atoms with E-state index in [9.17, 15) is 14.7 Å². The zero-order chi connectivity index (χ0) is 12.8. The van der Waals surface area contributed by atoms with E-state index in [1.54, 1.807) is 0 Å². The van der Waals surface area contributed by atoms with Crippen molar-refractivity contribution in [2.75, 3.05) is 12.4 Å². The normalized spacial score (nSPS) is 10.2. The van der Waals surface area contributed by atoms with E-state index in [4.69, 9.17) is 11.6 Å². The van der Waals surface area contributed by atoms with Gasteiger partial charge in [0.15, 0.2) is 0 Å². The van der Waals surface area contributed by atoms with Crippen LogP contribution in [0.4, 0.5) is 5.69 Å². The fourth-order valence-electron chi connectivity index (χ4n) is 0.995. The van der Waals surface area contributed by atoms with E-state index in [1.165, 1.54) is 25.3 Å². The third-order valence-corrected chi connectivity index (χ3v) is 2.02. The number of phenols is 1. The number of amides is 1. The summed E-state index contributed by atoms with van der Waals surface area (Å²) >= 11 is 5.70. The maximum atomic E-state index is 11.3. The van der Waals surface area contributed by atoms with Gasteiger partial charge >= 0.3 is 5.97 Å². The molecule has 5 nitrogen and oxygen atoms in total. The molecule has 17 heavy (non-hydrogen) atoms. The molecule has 0 heterocycles. The van der Waals surface area contributed by atoms with E-state index in [0.717, 1.165) is 12.2 Å². The summed E-state index contributed by atoms with van der Waals surface area (Å²) in [5, 5.41) is 12.2. The van der Waals surface area contributed by atoms with Crippen molar-refractivity contribution in [1.82, 2.24) is 0 Å². The van der Waals surface area contributed by atoms with Gasteiger partial charge in [0.25, 0.3) is 0 Å². The number of carbonyl (C=O) groups excluding carboxylic acids is 2. The van der Waals surface area contributed by atoms with Gasteiger partial charge in [-0.25, -0.2) is 4.79 Å². The molecule has 0 aliphatic heterocycles. The highest BCUT2D eigenvalue weighted by Gasteiger charge is 2.05.